The normalized spacial score (nSPS) is 21.5. The van der Waals surface area contributed by atoms with E-state index in [0.29, 0.717) is 5.56 Å². The molecule has 0 aromatic heterocycles. The summed E-state index contributed by atoms with van der Waals surface area (Å²) < 4.78 is 26.3. The summed E-state index contributed by atoms with van der Waals surface area (Å²) in [6.07, 6.45) is 2.00. The van der Waals surface area contributed by atoms with Gasteiger partial charge in [-0.3, -0.25) is 0 Å². The van der Waals surface area contributed by atoms with E-state index in [9.17, 15) is 8.78 Å². The van der Waals surface area contributed by atoms with Crippen LogP contribution in [0.5, 0.6) is 0 Å². The molecule has 1 saturated heterocycles. The Labute approximate surface area is 89.6 Å². The quantitative estimate of drug-likeness (QED) is 0.766. The lowest BCUT2D eigenvalue weighted by molar-refractivity contribution is 0.555. The van der Waals surface area contributed by atoms with Crippen LogP contribution in [0.4, 0.5) is 8.78 Å². The largest absolute Gasteiger partial charge is 0.310 e. The van der Waals surface area contributed by atoms with Crippen molar-refractivity contribution in [1.82, 2.24) is 5.32 Å². The van der Waals surface area contributed by atoms with Gasteiger partial charge in [0.05, 0.1) is 4.47 Å². The van der Waals surface area contributed by atoms with Gasteiger partial charge in [-0.1, -0.05) is 0 Å². The van der Waals surface area contributed by atoms with Crippen molar-refractivity contribution >= 4 is 15.9 Å². The predicted octanol–water partition coefficient (Wildman–Crippen LogP) is 3.15. The highest BCUT2D eigenvalue weighted by Crippen LogP contribution is 2.28. The van der Waals surface area contributed by atoms with Gasteiger partial charge in [0.25, 0.3) is 0 Å². The van der Waals surface area contributed by atoms with E-state index >= 15 is 0 Å². The SMILES string of the molecule is Fc1cc(C2CCCN2)cc(F)c1Br. The minimum atomic E-state index is -0.534. The molecule has 1 unspecified atom stereocenters. The summed E-state index contributed by atoms with van der Waals surface area (Å²) in [4.78, 5) is 0. The van der Waals surface area contributed by atoms with E-state index in [1.165, 1.54) is 12.1 Å². The Morgan fingerprint density at radius 2 is 1.93 bits per heavy atom. The highest BCUT2D eigenvalue weighted by atomic mass is 79.9. The van der Waals surface area contributed by atoms with Crippen molar-refractivity contribution in [3.63, 3.8) is 0 Å². The molecular weight excluding hydrogens is 252 g/mol. The Morgan fingerprint density at radius 1 is 1.29 bits per heavy atom. The van der Waals surface area contributed by atoms with Crippen LogP contribution < -0.4 is 5.32 Å². The van der Waals surface area contributed by atoms with Crippen LogP contribution >= 0.6 is 15.9 Å². The third-order valence-corrected chi connectivity index (χ3v) is 3.23. The van der Waals surface area contributed by atoms with E-state index in [-0.39, 0.29) is 10.5 Å². The first-order valence-electron chi connectivity index (χ1n) is 4.56. The molecule has 0 saturated carbocycles. The lowest BCUT2D eigenvalue weighted by Crippen LogP contribution is -2.13. The minimum Gasteiger partial charge on any atom is -0.310 e. The highest BCUT2D eigenvalue weighted by molar-refractivity contribution is 9.10. The average Bonchev–Trinajstić information content (AvgIpc) is 2.66. The predicted molar refractivity (Wildman–Crippen MR) is 54.0 cm³/mol. The summed E-state index contributed by atoms with van der Waals surface area (Å²) in [7, 11) is 0. The third-order valence-electron chi connectivity index (χ3n) is 2.47. The zero-order valence-corrected chi connectivity index (χ0v) is 9.07. The van der Waals surface area contributed by atoms with Gasteiger partial charge in [0.1, 0.15) is 11.6 Å². The first-order valence-corrected chi connectivity index (χ1v) is 5.35. The minimum absolute atomic E-state index is 0.0840. The van der Waals surface area contributed by atoms with Crippen molar-refractivity contribution in [2.24, 2.45) is 0 Å². The van der Waals surface area contributed by atoms with Gasteiger partial charge in [-0.05, 0) is 53.0 Å². The smallest absolute Gasteiger partial charge is 0.140 e. The molecule has 1 aliphatic heterocycles. The number of nitrogens with one attached hydrogen (secondary N) is 1. The molecule has 4 heteroatoms. The van der Waals surface area contributed by atoms with Crippen molar-refractivity contribution in [2.45, 2.75) is 18.9 Å². The zero-order chi connectivity index (χ0) is 10.1. The Hall–Kier alpha value is -0.480. The molecule has 0 radical (unpaired) electrons. The number of halogens is 3. The lowest BCUT2D eigenvalue weighted by Gasteiger charge is -2.11. The van der Waals surface area contributed by atoms with Gasteiger partial charge in [-0.25, -0.2) is 8.78 Å². The van der Waals surface area contributed by atoms with Gasteiger partial charge in [0.2, 0.25) is 0 Å². The maximum absolute atomic E-state index is 13.2. The first kappa shape index (κ1) is 10.1. The van der Waals surface area contributed by atoms with Gasteiger partial charge in [-0.15, -0.1) is 0 Å². The van der Waals surface area contributed by atoms with Crippen LogP contribution in [-0.4, -0.2) is 6.54 Å². The number of hydrogen-bond donors (Lipinski definition) is 1. The fourth-order valence-corrected chi connectivity index (χ4v) is 1.97. The van der Waals surface area contributed by atoms with E-state index in [4.69, 9.17) is 0 Å². The Balaban J connectivity index is 2.34. The summed E-state index contributed by atoms with van der Waals surface area (Å²) in [5.41, 5.74) is 0.695. The van der Waals surface area contributed by atoms with Crippen LogP contribution in [0.3, 0.4) is 0 Å². The van der Waals surface area contributed by atoms with Crippen LogP contribution in [0.1, 0.15) is 24.4 Å². The van der Waals surface area contributed by atoms with Gasteiger partial charge >= 0.3 is 0 Å². The van der Waals surface area contributed by atoms with Crippen LogP contribution in [0.2, 0.25) is 0 Å². The molecule has 1 fully saturated rings. The highest BCUT2D eigenvalue weighted by Gasteiger charge is 2.19. The van der Waals surface area contributed by atoms with E-state index in [2.05, 4.69) is 21.2 Å². The summed E-state index contributed by atoms with van der Waals surface area (Å²) in [5.74, 6) is -1.07. The van der Waals surface area contributed by atoms with Crippen LogP contribution in [0.15, 0.2) is 16.6 Å². The second-order valence-corrected chi connectivity index (χ2v) is 4.24. The van der Waals surface area contributed by atoms with Crippen LogP contribution in [-0.2, 0) is 0 Å². The van der Waals surface area contributed by atoms with E-state index in [1.54, 1.807) is 0 Å². The Morgan fingerprint density at radius 3 is 2.43 bits per heavy atom. The topological polar surface area (TPSA) is 12.0 Å². The van der Waals surface area contributed by atoms with Gasteiger partial charge in [-0.2, -0.15) is 0 Å². The molecule has 1 N–H and O–H groups in total. The molecule has 2 rings (SSSR count). The van der Waals surface area contributed by atoms with Crippen LogP contribution in [0, 0.1) is 11.6 Å². The molecule has 1 nitrogen and oxygen atoms in total. The van der Waals surface area contributed by atoms with Crippen molar-refractivity contribution in [2.75, 3.05) is 6.54 Å². The Kier molecular flexibility index (Phi) is 2.83. The average molecular weight is 262 g/mol. The molecule has 1 heterocycles. The fraction of sp³-hybridized carbons (Fsp3) is 0.400. The molecule has 14 heavy (non-hydrogen) atoms. The second kappa shape index (κ2) is 3.95. The number of rotatable bonds is 1. The monoisotopic (exact) mass is 261 g/mol. The second-order valence-electron chi connectivity index (χ2n) is 3.45. The Bertz CT molecular complexity index is 325. The molecule has 1 aliphatic rings. The van der Waals surface area contributed by atoms with Crippen LogP contribution in [0.25, 0.3) is 0 Å². The summed E-state index contributed by atoms with van der Waals surface area (Å²) >= 11 is 2.85. The summed E-state index contributed by atoms with van der Waals surface area (Å²) in [6, 6.07) is 2.87. The van der Waals surface area contributed by atoms with Gasteiger partial charge in [0, 0.05) is 6.04 Å². The maximum Gasteiger partial charge on any atom is 0.140 e. The maximum atomic E-state index is 13.2. The van der Waals surface area contributed by atoms with Gasteiger partial charge in [0.15, 0.2) is 0 Å². The van der Waals surface area contributed by atoms with E-state index < -0.39 is 11.6 Å². The first-order chi connectivity index (χ1) is 6.68. The van der Waals surface area contributed by atoms with Gasteiger partial charge < -0.3 is 5.32 Å². The molecule has 0 amide bonds. The summed E-state index contributed by atoms with van der Waals surface area (Å²) in [5, 5.41) is 3.20. The number of benzene rings is 1. The molecule has 76 valence electrons. The number of hydrogen-bond acceptors (Lipinski definition) is 1. The summed E-state index contributed by atoms with van der Waals surface area (Å²) in [6.45, 7) is 0.921. The standard InChI is InChI=1S/C10H10BrF2N/c11-10-7(12)4-6(5-8(10)13)9-2-1-3-14-9/h4-5,9,14H,1-3H2. The molecule has 1 aromatic carbocycles. The van der Waals surface area contributed by atoms with E-state index in [0.717, 1.165) is 19.4 Å². The van der Waals surface area contributed by atoms with Crippen molar-refractivity contribution in [3.05, 3.63) is 33.8 Å². The van der Waals surface area contributed by atoms with Crippen molar-refractivity contribution < 1.29 is 8.78 Å². The fourth-order valence-electron chi connectivity index (χ4n) is 1.75. The molecule has 0 spiro atoms. The molecule has 1 aromatic rings. The zero-order valence-electron chi connectivity index (χ0n) is 7.49. The van der Waals surface area contributed by atoms with E-state index in [1.807, 2.05) is 0 Å². The van der Waals surface area contributed by atoms with Crippen molar-refractivity contribution in [1.29, 1.82) is 0 Å². The third kappa shape index (κ3) is 1.81. The molecule has 0 aliphatic carbocycles. The molecule has 1 atom stereocenters. The molecular formula is C10H10BrF2N. The van der Waals surface area contributed by atoms with Crippen molar-refractivity contribution in [3.8, 4) is 0 Å². The lowest BCUT2D eigenvalue weighted by atomic mass is 10.1. The molecule has 0 bridgehead atoms.